The Labute approximate surface area is 207 Å². The van der Waals surface area contributed by atoms with E-state index < -0.39 is 42.7 Å². The number of hydrogen-bond donors (Lipinski definition) is 2. The molecule has 5 rings (SSSR count). The molecule has 0 saturated heterocycles. The van der Waals surface area contributed by atoms with Gasteiger partial charge in [0.15, 0.2) is 9.84 Å². The number of anilines is 1. The number of aryl methyl sites for hydroxylation is 1. The van der Waals surface area contributed by atoms with Crippen LogP contribution in [0.15, 0.2) is 51.1 Å². The van der Waals surface area contributed by atoms with E-state index in [9.17, 15) is 31.1 Å². The van der Waals surface area contributed by atoms with Gasteiger partial charge in [0.05, 0.1) is 33.3 Å². The number of sulfone groups is 1. The van der Waals surface area contributed by atoms with Crippen LogP contribution in [-0.2, 0) is 26.4 Å². The second kappa shape index (κ2) is 8.70. The Bertz CT molecular complexity index is 1710. The van der Waals surface area contributed by atoms with Gasteiger partial charge in [0.25, 0.3) is 5.56 Å². The van der Waals surface area contributed by atoms with E-state index in [-0.39, 0.29) is 38.7 Å². The fraction of sp³-hybridized carbons (Fsp3) is 0.333. The van der Waals surface area contributed by atoms with E-state index in [2.05, 4.69) is 9.71 Å². The highest BCUT2D eigenvalue weighted by atomic mass is 32.2. The summed E-state index contributed by atoms with van der Waals surface area (Å²) in [6.07, 6.45) is 2.88. The molecule has 1 aliphatic heterocycles. The Kier molecular flexibility index (Phi) is 5.91. The van der Waals surface area contributed by atoms with Gasteiger partial charge in [-0.15, -0.1) is 0 Å². The maximum absolute atomic E-state index is 14.1. The van der Waals surface area contributed by atoms with Crippen molar-refractivity contribution >= 4 is 47.8 Å². The molecule has 36 heavy (non-hydrogen) atoms. The Morgan fingerprint density at radius 3 is 2.64 bits per heavy atom. The number of aliphatic imine (C=N–C) groups is 1. The minimum absolute atomic E-state index is 0.0124. The van der Waals surface area contributed by atoms with E-state index in [1.54, 1.807) is 0 Å². The van der Waals surface area contributed by atoms with Gasteiger partial charge in [-0.05, 0) is 55.7 Å². The van der Waals surface area contributed by atoms with Gasteiger partial charge in [0.2, 0.25) is 10.0 Å². The number of aromatic hydroxyl groups is 1. The van der Waals surface area contributed by atoms with E-state index in [1.807, 2.05) is 0 Å². The van der Waals surface area contributed by atoms with Crippen LogP contribution >= 0.6 is 0 Å². The summed E-state index contributed by atoms with van der Waals surface area (Å²) in [6, 6.07) is 7.63. The maximum Gasteiger partial charge on any atom is 0.263 e. The summed E-state index contributed by atoms with van der Waals surface area (Å²) in [5, 5.41) is 11.1. The second-order valence-corrected chi connectivity index (χ2v) is 13.0. The first-order chi connectivity index (χ1) is 17.0. The topological polar surface area (TPSA) is 135 Å². The number of aromatic nitrogens is 1. The molecule has 1 fully saturated rings. The highest BCUT2D eigenvalue weighted by Crippen LogP contribution is 2.37. The summed E-state index contributed by atoms with van der Waals surface area (Å²) < 4.78 is 68.0. The average Bonchev–Trinajstić information content (AvgIpc) is 3.64. The van der Waals surface area contributed by atoms with E-state index in [4.69, 9.17) is 0 Å². The molecule has 1 aromatic heterocycles. The lowest BCUT2D eigenvalue weighted by Crippen LogP contribution is -2.32. The van der Waals surface area contributed by atoms with Crippen molar-refractivity contribution < 1.29 is 26.3 Å². The molecule has 9 nitrogen and oxygen atoms in total. The van der Waals surface area contributed by atoms with Crippen LogP contribution in [0.2, 0.25) is 0 Å². The van der Waals surface area contributed by atoms with E-state index >= 15 is 0 Å². The first-order valence-electron chi connectivity index (χ1n) is 11.5. The molecule has 0 unspecified atom stereocenters. The van der Waals surface area contributed by atoms with Crippen molar-refractivity contribution in [1.82, 2.24) is 4.57 Å². The van der Waals surface area contributed by atoms with E-state index in [1.165, 1.54) is 41.8 Å². The molecule has 2 heterocycles. The molecule has 0 atom stereocenters. The molecule has 1 aliphatic carbocycles. The zero-order valence-corrected chi connectivity index (χ0v) is 21.0. The minimum Gasteiger partial charge on any atom is -0.506 e. The van der Waals surface area contributed by atoms with Crippen molar-refractivity contribution in [3.8, 4) is 5.75 Å². The Morgan fingerprint density at radius 2 is 1.94 bits per heavy atom. The van der Waals surface area contributed by atoms with Crippen molar-refractivity contribution in [2.45, 2.75) is 37.6 Å². The summed E-state index contributed by atoms with van der Waals surface area (Å²) in [7, 11) is -7.67. The van der Waals surface area contributed by atoms with Crippen LogP contribution in [0.25, 0.3) is 10.9 Å². The number of benzene rings is 2. The largest absolute Gasteiger partial charge is 0.506 e. The molecule has 0 amide bonds. The summed E-state index contributed by atoms with van der Waals surface area (Å²) in [5.41, 5.74) is -0.595. The predicted molar refractivity (Wildman–Crippen MR) is 135 cm³/mol. The first kappa shape index (κ1) is 24.4. The molecule has 2 N–H and O–H groups in total. The predicted octanol–water partition coefficient (Wildman–Crippen LogP) is 3.32. The van der Waals surface area contributed by atoms with Crippen LogP contribution in [0, 0.1) is 11.7 Å². The number of fused-ring (bicyclic) bond motifs is 2. The number of rotatable bonds is 7. The van der Waals surface area contributed by atoms with Crippen molar-refractivity contribution in [2.24, 2.45) is 10.9 Å². The zero-order valence-electron chi connectivity index (χ0n) is 19.4. The molecule has 12 heteroatoms. The summed E-state index contributed by atoms with van der Waals surface area (Å²) in [5.74, 6) is -1.50. The van der Waals surface area contributed by atoms with Crippen LogP contribution in [0.1, 0.15) is 31.7 Å². The second-order valence-electron chi connectivity index (χ2n) is 9.08. The molecule has 0 radical (unpaired) electrons. The van der Waals surface area contributed by atoms with Crippen molar-refractivity contribution in [1.29, 1.82) is 0 Å². The Hall–Kier alpha value is -3.25. The molecule has 190 valence electrons. The summed E-state index contributed by atoms with van der Waals surface area (Å²) in [6.45, 7) is 1.80. The monoisotopic (exact) mass is 533 g/mol. The fourth-order valence-electron chi connectivity index (χ4n) is 4.35. The van der Waals surface area contributed by atoms with Gasteiger partial charge in [-0.1, -0.05) is 12.8 Å². The fourth-order valence-corrected chi connectivity index (χ4v) is 6.44. The molecular weight excluding hydrogens is 509 g/mol. The summed E-state index contributed by atoms with van der Waals surface area (Å²) >= 11 is 0. The van der Waals surface area contributed by atoms with Crippen molar-refractivity contribution in [3.05, 3.63) is 58.1 Å². The third kappa shape index (κ3) is 4.50. The van der Waals surface area contributed by atoms with Crippen LogP contribution in [0.3, 0.4) is 0 Å². The quantitative estimate of drug-likeness (QED) is 0.478. The van der Waals surface area contributed by atoms with Gasteiger partial charge in [-0.25, -0.2) is 21.2 Å². The first-order valence-corrected chi connectivity index (χ1v) is 14.8. The average molecular weight is 534 g/mol. The smallest absolute Gasteiger partial charge is 0.263 e. The standard InChI is InChI=1S/C24H24FN3O6S2/c1-2-36(33,34)27-16-6-7-18-21(12-16)35(31,32)13-19(26-18)22-23(29)17-11-15(25)5-8-20(17)28(24(22)30)10-9-14-3-4-14/h5-8,11-12,14,27,29H,2-4,9-10,13H2,1H3. The highest BCUT2D eigenvalue weighted by molar-refractivity contribution is 7.93. The third-order valence-corrected chi connectivity index (χ3v) is 9.43. The lowest BCUT2D eigenvalue weighted by Gasteiger charge is -2.20. The molecule has 0 spiro atoms. The molecule has 2 aliphatic rings. The van der Waals surface area contributed by atoms with Gasteiger partial charge in [0.1, 0.15) is 17.1 Å². The minimum atomic E-state index is -4.05. The molecule has 0 bridgehead atoms. The number of pyridine rings is 1. The molecule has 1 saturated carbocycles. The van der Waals surface area contributed by atoms with E-state index in [0.717, 1.165) is 25.3 Å². The van der Waals surface area contributed by atoms with Crippen molar-refractivity contribution in [3.63, 3.8) is 0 Å². The van der Waals surface area contributed by atoms with Gasteiger partial charge in [-0.3, -0.25) is 14.5 Å². The van der Waals surface area contributed by atoms with Crippen LogP contribution in [0.5, 0.6) is 5.75 Å². The lowest BCUT2D eigenvalue weighted by molar-refractivity contribution is 0.476. The van der Waals surface area contributed by atoms with Crippen molar-refractivity contribution in [2.75, 3.05) is 16.2 Å². The van der Waals surface area contributed by atoms with Crippen LogP contribution < -0.4 is 10.3 Å². The SMILES string of the molecule is CCS(=O)(=O)Nc1ccc2c(c1)S(=O)(=O)CC(c1c(O)c3cc(F)ccc3n(CCC3CC3)c1=O)=N2. The molecular formula is C24H24FN3O6S2. The highest BCUT2D eigenvalue weighted by Gasteiger charge is 2.32. The normalized spacial score (nSPS) is 17.0. The van der Waals surface area contributed by atoms with Gasteiger partial charge in [0, 0.05) is 17.6 Å². The van der Waals surface area contributed by atoms with Gasteiger partial charge < -0.3 is 9.67 Å². The maximum atomic E-state index is 14.1. The summed E-state index contributed by atoms with van der Waals surface area (Å²) in [4.78, 5) is 17.7. The Morgan fingerprint density at radius 1 is 1.19 bits per heavy atom. The van der Waals surface area contributed by atoms with Crippen LogP contribution in [-0.4, -0.2) is 43.7 Å². The Balaban J connectivity index is 1.67. The third-order valence-electron chi connectivity index (χ3n) is 6.48. The number of nitrogens with zero attached hydrogens (tertiary/aromatic N) is 2. The van der Waals surface area contributed by atoms with Gasteiger partial charge >= 0.3 is 0 Å². The number of hydrogen-bond acceptors (Lipinski definition) is 7. The molecule has 3 aromatic rings. The van der Waals surface area contributed by atoms with Crippen LogP contribution in [0.4, 0.5) is 15.8 Å². The number of nitrogens with one attached hydrogen (secondary N) is 1. The van der Waals surface area contributed by atoms with E-state index in [0.29, 0.717) is 18.0 Å². The number of sulfonamides is 1. The molecule has 2 aromatic carbocycles. The van der Waals surface area contributed by atoms with Gasteiger partial charge in [-0.2, -0.15) is 0 Å². The number of halogens is 1. The zero-order chi connectivity index (χ0) is 25.8. The lowest BCUT2D eigenvalue weighted by atomic mass is 10.1.